The van der Waals surface area contributed by atoms with E-state index in [4.69, 9.17) is 5.73 Å². The van der Waals surface area contributed by atoms with Gasteiger partial charge in [-0.3, -0.25) is 4.79 Å². The fourth-order valence-electron chi connectivity index (χ4n) is 1.91. The fourth-order valence-corrected chi connectivity index (χ4v) is 1.91. The number of nitrogens with two attached hydrogens (primary N) is 1. The molecule has 0 spiro atoms. The van der Waals surface area contributed by atoms with Crippen molar-refractivity contribution in [1.82, 2.24) is 0 Å². The Hall–Kier alpha value is -0.370. The molecular weight excluding hydrogens is 186 g/mol. The van der Waals surface area contributed by atoms with E-state index in [0.717, 1.165) is 32.1 Å². The summed E-state index contributed by atoms with van der Waals surface area (Å²) in [5.74, 6) is 1.24. The van der Waals surface area contributed by atoms with Crippen molar-refractivity contribution >= 4 is 5.78 Å². The summed E-state index contributed by atoms with van der Waals surface area (Å²) in [4.78, 5) is 11.5. The van der Waals surface area contributed by atoms with Crippen LogP contribution in [0.5, 0.6) is 0 Å². The summed E-state index contributed by atoms with van der Waals surface area (Å²) in [7, 11) is 0. The summed E-state index contributed by atoms with van der Waals surface area (Å²) in [6.07, 6.45) is 5.30. The third-order valence-corrected chi connectivity index (χ3v) is 3.03. The molecule has 1 rings (SSSR count). The highest BCUT2D eigenvalue weighted by molar-refractivity contribution is 5.80. The van der Waals surface area contributed by atoms with Gasteiger partial charge in [-0.25, -0.2) is 0 Å². The maximum absolute atomic E-state index is 11.5. The van der Waals surface area contributed by atoms with Gasteiger partial charge in [-0.1, -0.05) is 27.7 Å². The largest absolute Gasteiger partial charge is 0.328 e. The Morgan fingerprint density at radius 3 is 2.13 bits per heavy atom. The van der Waals surface area contributed by atoms with Gasteiger partial charge in [-0.15, -0.1) is 0 Å². The van der Waals surface area contributed by atoms with Gasteiger partial charge in [0.05, 0.1) is 0 Å². The first-order valence-electron chi connectivity index (χ1n) is 6.38. The van der Waals surface area contributed by atoms with Crippen LogP contribution in [0.1, 0.15) is 61.2 Å². The normalized spacial score (nSPS) is 25.7. The molecule has 2 heteroatoms. The summed E-state index contributed by atoms with van der Waals surface area (Å²) >= 11 is 0. The van der Waals surface area contributed by atoms with Crippen LogP contribution in [0.3, 0.4) is 0 Å². The second-order valence-corrected chi connectivity index (χ2v) is 4.61. The molecule has 0 aromatic carbocycles. The Kier molecular flexibility index (Phi) is 7.67. The van der Waals surface area contributed by atoms with Gasteiger partial charge in [-0.05, 0) is 31.6 Å². The first kappa shape index (κ1) is 14.6. The van der Waals surface area contributed by atoms with Crippen molar-refractivity contribution in [1.29, 1.82) is 0 Å². The minimum atomic E-state index is 0. The molecule has 15 heavy (non-hydrogen) atoms. The Morgan fingerprint density at radius 1 is 1.27 bits per heavy atom. The Labute approximate surface area is 96.1 Å². The van der Waals surface area contributed by atoms with Gasteiger partial charge in [0.15, 0.2) is 0 Å². The van der Waals surface area contributed by atoms with Crippen molar-refractivity contribution in [3.8, 4) is 0 Å². The number of rotatable bonds is 3. The first-order valence-corrected chi connectivity index (χ1v) is 6.38. The zero-order chi connectivity index (χ0) is 11.8. The molecule has 2 nitrogen and oxygen atoms in total. The molecule has 92 valence electrons. The molecule has 0 aromatic rings. The molecule has 1 fully saturated rings. The topological polar surface area (TPSA) is 43.1 Å². The predicted octanol–water partition coefficient (Wildman–Crippen LogP) is 3.39. The van der Waals surface area contributed by atoms with Crippen LogP contribution in [0.4, 0.5) is 0 Å². The van der Waals surface area contributed by atoms with Crippen LogP contribution in [0, 0.1) is 11.8 Å². The van der Waals surface area contributed by atoms with Crippen LogP contribution in [-0.2, 0) is 4.79 Å². The number of carbonyl (C=O) groups is 1. The van der Waals surface area contributed by atoms with Crippen molar-refractivity contribution in [3.63, 3.8) is 0 Å². The average Bonchev–Trinajstić information content (AvgIpc) is 2.24. The second kappa shape index (κ2) is 7.86. The van der Waals surface area contributed by atoms with Crippen molar-refractivity contribution < 1.29 is 6.22 Å². The van der Waals surface area contributed by atoms with Gasteiger partial charge in [0, 0.05) is 19.8 Å². The lowest BCUT2D eigenvalue weighted by molar-refractivity contribution is -0.123. The molecule has 0 atom stereocenters. The highest BCUT2D eigenvalue weighted by Crippen LogP contribution is 2.26. The summed E-state index contributed by atoms with van der Waals surface area (Å²) < 4.78 is 0. The minimum absolute atomic E-state index is 0. The zero-order valence-corrected chi connectivity index (χ0v) is 10.8. The summed E-state index contributed by atoms with van der Waals surface area (Å²) in [5, 5.41) is 0. The van der Waals surface area contributed by atoms with Crippen LogP contribution >= 0.6 is 0 Å². The van der Waals surface area contributed by atoms with E-state index in [0.29, 0.717) is 17.7 Å². The summed E-state index contributed by atoms with van der Waals surface area (Å²) in [6, 6.07) is 0.394. The van der Waals surface area contributed by atoms with Gasteiger partial charge in [-0.2, -0.15) is 0 Å². The van der Waals surface area contributed by atoms with E-state index in [-0.39, 0.29) is 7.34 Å². The van der Waals surface area contributed by atoms with Gasteiger partial charge >= 0.3 is 0 Å². The van der Waals surface area contributed by atoms with Gasteiger partial charge in [0.25, 0.3) is 0 Å². The standard InChI is InChI=1S/C11H21NO.C2H6.H2/c1-8(2)11(13)7-9-3-5-10(12)6-4-9;1-2;/h8-10H,3-7,12H2,1-2H3;1-2H3;1H. The maximum atomic E-state index is 11.5. The molecule has 0 heterocycles. The van der Waals surface area contributed by atoms with Crippen molar-refractivity contribution in [3.05, 3.63) is 0 Å². The van der Waals surface area contributed by atoms with E-state index in [1.165, 1.54) is 0 Å². The quantitative estimate of drug-likeness (QED) is 0.784. The highest BCUT2D eigenvalue weighted by Gasteiger charge is 2.21. The fraction of sp³-hybridized carbons (Fsp3) is 0.923. The van der Waals surface area contributed by atoms with Crippen LogP contribution < -0.4 is 5.73 Å². The lowest BCUT2D eigenvalue weighted by atomic mass is 9.82. The van der Waals surface area contributed by atoms with Gasteiger partial charge in [0.2, 0.25) is 0 Å². The van der Waals surface area contributed by atoms with Crippen LogP contribution in [0.2, 0.25) is 0 Å². The van der Waals surface area contributed by atoms with E-state index < -0.39 is 0 Å². The first-order chi connectivity index (χ1) is 7.09. The SMILES string of the molecule is CC.CC(C)C(=O)CC1CCC(N)CC1.[HH]. The summed E-state index contributed by atoms with van der Waals surface area (Å²) in [6.45, 7) is 7.97. The van der Waals surface area contributed by atoms with Crippen LogP contribution in [-0.4, -0.2) is 11.8 Å². The van der Waals surface area contributed by atoms with E-state index >= 15 is 0 Å². The smallest absolute Gasteiger partial charge is 0.135 e. The number of carbonyl (C=O) groups excluding carboxylic acids is 1. The Bertz CT molecular complexity index is 175. The lowest BCUT2D eigenvalue weighted by Crippen LogP contribution is -2.27. The van der Waals surface area contributed by atoms with Crippen molar-refractivity contribution in [2.75, 3.05) is 0 Å². The molecule has 1 saturated carbocycles. The molecule has 0 saturated heterocycles. The molecule has 0 aromatic heterocycles. The molecule has 0 radical (unpaired) electrons. The Morgan fingerprint density at radius 2 is 1.73 bits per heavy atom. The van der Waals surface area contributed by atoms with Crippen molar-refractivity contribution in [2.45, 2.75) is 65.8 Å². The number of hydrogen-bond acceptors (Lipinski definition) is 2. The van der Waals surface area contributed by atoms with Crippen molar-refractivity contribution in [2.24, 2.45) is 17.6 Å². The predicted molar refractivity (Wildman–Crippen MR) is 67.9 cm³/mol. The molecule has 0 amide bonds. The molecule has 2 N–H and O–H groups in total. The number of ketones is 1. The van der Waals surface area contributed by atoms with E-state index in [1.54, 1.807) is 0 Å². The molecule has 1 aliphatic rings. The molecule has 0 bridgehead atoms. The van der Waals surface area contributed by atoms with E-state index in [2.05, 4.69) is 0 Å². The third kappa shape index (κ3) is 5.93. The van der Waals surface area contributed by atoms with E-state index in [9.17, 15) is 4.79 Å². The number of hydrogen-bond donors (Lipinski definition) is 1. The maximum Gasteiger partial charge on any atom is 0.135 e. The zero-order valence-electron chi connectivity index (χ0n) is 10.8. The molecule has 1 aliphatic carbocycles. The number of Topliss-reactive ketones (excluding diaryl/α,β-unsaturated/α-hetero) is 1. The Balaban J connectivity index is 0. The molecule has 0 aliphatic heterocycles. The lowest BCUT2D eigenvalue weighted by Gasteiger charge is -2.25. The van der Waals surface area contributed by atoms with Gasteiger partial charge in [0.1, 0.15) is 5.78 Å². The van der Waals surface area contributed by atoms with Crippen LogP contribution in [0.15, 0.2) is 0 Å². The highest BCUT2D eigenvalue weighted by atomic mass is 16.1. The molecule has 0 unspecified atom stereocenters. The van der Waals surface area contributed by atoms with Gasteiger partial charge < -0.3 is 5.73 Å². The van der Waals surface area contributed by atoms with E-state index in [1.807, 2.05) is 27.7 Å². The van der Waals surface area contributed by atoms with Crippen LogP contribution in [0.25, 0.3) is 0 Å². The average molecular weight is 215 g/mol. The second-order valence-electron chi connectivity index (χ2n) is 4.61. The minimum Gasteiger partial charge on any atom is -0.328 e. The summed E-state index contributed by atoms with van der Waals surface area (Å²) in [5.41, 5.74) is 5.80. The third-order valence-electron chi connectivity index (χ3n) is 3.03. The monoisotopic (exact) mass is 215 g/mol. The molecular formula is C13H29NO.